The van der Waals surface area contributed by atoms with Crippen molar-refractivity contribution in [2.24, 2.45) is 7.05 Å². The molecule has 1 atom stereocenters. The molecular formula is C18H19FN4O2. The van der Waals surface area contributed by atoms with E-state index in [1.54, 1.807) is 23.2 Å². The molecule has 0 aliphatic heterocycles. The Bertz CT molecular complexity index is 867. The lowest BCUT2D eigenvalue weighted by atomic mass is 9.96. The van der Waals surface area contributed by atoms with Gasteiger partial charge < -0.3 is 15.0 Å². The third-order valence-electron chi connectivity index (χ3n) is 4.06. The highest BCUT2D eigenvalue weighted by Gasteiger charge is 2.25. The molecule has 3 rings (SSSR count). The molecule has 0 spiro atoms. The SMILES string of the molecule is Cn1ncc(C(=O)NCC(C)(O)c2ccc(F)cc2)c1-n1cccc1. The molecule has 0 bridgehead atoms. The minimum absolute atomic E-state index is 0.0164. The smallest absolute Gasteiger partial charge is 0.256 e. The van der Waals surface area contributed by atoms with Crippen molar-refractivity contribution in [3.05, 3.63) is 71.9 Å². The van der Waals surface area contributed by atoms with E-state index in [1.807, 2.05) is 24.5 Å². The maximum atomic E-state index is 13.0. The minimum atomic E-state index is -1.32. The van der Waals surface area contributed by atoms with Crippen molar-refractivity contribution in [2.45, 2.75) is 12.5 Å². The summed E-state index contributed by atoms with van der Waals surface area (Å²) in [4.78, 5) is 12.6. The Morgan fingerprint density at radius 3 is 2.56 bits per heavy atom. The van der Waals surface area contributed by atoms with Crippen LogP contribution < -0.4 is 5.32 Å². The molecule has 3 aromatic rings. The van der Waals surface area contributed by atoms with Gasteiger partial charge in [-0.3, -0.25) is 9.48 Å². The molecule has 25 heavy (non-hydrogen) atoms. The fraction of sp³-hybridized carbons (Fsp3) is 0.222. The number of hydrogen-bond donors (Lipinski definition) is 2. The molecule has 0 aliphatic rings. The number of halogens is 1. The second-order valence-corrected chi connectivity index (χ2v) is 6.06. The van der Waals surface area contributed by atoms with E-state index >= 15 is 0 Å². The van der Waals surface area contributed by atoms with Gasteiger partial charge in [0.15, 0.2) is 0 Å². The minimum Gasteiger partial charge on any atom is -0.384 e. The maximum absolute atomic E-state index is 13.0. The van der Waals surface area contributed by atoms with Crippen LogP contribution in [0.25, 0.3) is 5.82 Å². The Balaban J connectivity index is 1.76. The molecule has 0 radical (unpaired) electrons. The van der Waals surface area contributed by atoms with Gasteiger partial charge in [0.2, 0.25) is 0 Å². The van der Waals surface area contributed by atoms with E-state index < -0.39 is 5.60 Å². The van der Waals surface area contributed by atoms with Gasteiger partial charge >= 0.3 is 0 Å². The normalized spacial score (nSPS) is 13.4. The van der Waals surface area contributed by atoms with Crippen LogP contribution in [0.3, 0.4) is 0 Å². The topological polar surface area (TPSA) is 72.1 Å². The summed E-state index contributed by atoms with van der Waals surface area (Å²) in [5.74, 6) is -0.0987. The highest BCUT2D eigenvalue weighted by molar-refractivity contribution is 5.97. The number of carbonyl (C=O) groups is 1. The third kappa shape index (κ3) is 3.46. The van der Waals surface area contributed by atoms with Gasteiger partial charge in [-0.1, -0.05) is 12.1 Å². The van der Waals surface area contributed by atoms with Gasteiger partial charge in [-0.2, -0.15) is 5.10 Å². The Morgan fingerprint density at radius 2 is 1.92 bits per heavy atom. The van der Waals surface area contributed by atoms with Crippen LogP contribution in [0.5, 0.6) is 0 Å². The van der Waals surface area contributed by atoms with Crippen LogP contribution >= 0.6 is 0 Å². The summed E-state index contributed by atoms with van der Waals surface area (Å²) in [5.41, 5.74) is -0.404. The number of aliphatic hydroxyl groups is 1. The zero-order chi connectivity index (χ0) is 18.0. The first kappa shape index (κ1) is 16.9. The van der Waals surface area contributed by atoms with Crippen molar-refractivity contribution in [1.29, 1.82) is 0 Å². The summed E-state index contributed by atoms with van der Waals surface area (Å²) in [6.07, 6.45) is 5.13. The van der Waals surface area contributed by atoms with Crippen LogP contribution in [-0.2, 0) is 12.6 Å². The molecule has 0 fully saturated rings. The maximum Gasteiger partial charge on any atom is 0.256 e. The summed E-state index contributed by atoms with van der Waals surface area (Å²) in [6.45, 7) is 1.55. The summed E-state index contributed by atoms with van der Waals surface area (Å²) in [6, 6.07) is 9.25. The first-order valence-corrected chi connectivity index (χ1v) is 7.80. The van der Waals surface area contributed by atoms with Crippen LogP contribution in [-0.4, -0.2) is 31.9 Å². The predicted octanol–water partition coefficient (Wildman–Crippen LogP) is 1.99. The molecular weight excluding hydrogens is 323 g/mol. The number of aromatic nitrogens is 3. The Labute approximate surface area is 144 Å². The molecule has 1 unspecified atom stereocenters. The van der Waals surface area contributed by atoms with Crippen molar-refractivity contribution in [1.82, 2.24) is 19.7 Å². The van der Waals surface area contributed by atoms with Gasteiger partial charge in [0.05, 0.1) is 12.7 Å². The second kappa shape index (κ2) is 6.52. The lowest BCUT2D eigenvalue weighted by Crippen LogP contribution is -2.38. The molecule has 1 aromatic carbocycles. The van der Waals surface area contributed by atoms with Gasteiger partial charge in [0.1, 0.15) is 22.8 Å². The quantitative estimate of drug-likeness (QED) is 0.745. The first-order chi connectivity index (χ1) is 11.9. The number of rotatable bonds is 5. The van der Waals surface area contributed by atoms with E-state index in [4.69, 9.17) is 0 Å². The number of nitrogens with zero attached hydrogens (tertiary/aromatic N) is 3. The summed E-state index contributed by atoms with van der Waals surface area (Å²) < 4.78 is 16.4. The highest BCUT2D eigenvalue weighted by atomic mass is 19.1. The van der Waals surface area contributed by atoms with Crippen molar-refractivity contribution in [3.8, 4) is 5.82 Å². The number of nitrogens with one attached hydrogen (secondary N) is 1. The Morgan fingerprint density at radius 1 is 1.28 bits per heavy atom. The van der Waals surface area contributed by atoms with Crippen molar-refractivity contribution in [3.63, 3.8) is 0 Å². The zero-order valence-corrected chi connectivity index (χ0v) is 14.0. The van der Waals surface area contributed by atoms with E-state index in [9.17, 15) is 14.3 Å². The van der Waals surface area contributed by atoms with E-state index in [0.29, 0.717) is 16.9 Å². The predicted molar refractivity (Wildman–Crippen MR) is 90.8 cm³/mol. The molecule has 2 heterocycles. The molecule has 0 aliphatic carbocycles. The highest BCUT2D eigenvalue weighted by Crippen LogP contribution is 2.20. The summed E-state index contributed by atoms with van der Waals surface area (Å²) in [5, 5.41) is 17.4. The lowest BCUT2D eigenvalue weighted by Gasteiger charge is -2.24. The van der Waals surface area contributed by atoms with Crippen molar-refractivity contribution in [2.75, 3.05) is 6.54 Å². The Kier molecular flexibility index (Phi) is 4.41. The van der Waals surface area contributed by atoms with Gasteiger partial charge in [0.25, 0.3) is 5.91 Å². The summed E-state index contributed by atoms with van der Waals surface area (Å²) >= 11 is 0. The first-order valence-electron chi connectivity index (χ1n) is 7.80. The fourth-order valence-electron chi connectivity index (χ4n) is 2.63. The second-order valence-electron chi connectivity index (χ2n) is 6.06. The number of aryl methyl sites for hydroxylation is 1. The average molecular weight is 342 g/mol. The van der Waals surface area contributed by atoms with Crippen molar-refractivity contribution < 1.29 is 14.3 Å². The van der Waals surface area contributed by atoms with Gasteiger partial charge in [-0.15, -0.1) is 0 Å². The van der Waals surface area contributed by atoms with E-state index in [-0.39, 0.29) is 18.3 Å². The molecule has 0 saturated heterocycles. The zero-order valence-electron chi connectivity index (χ0n) is 14.0. The van der Waals surface area contributed by atoms with Gasteiger partial charge in [-0.25, -0.2) is 4.39 Å². The standard InChI is InChI=1S/C18H19FN4O2/c1-18(25,13-5-7-14(19)8-6-13)12-20-16(24)15-11-21-22(2)17(15)23-9-3-4-10-23/h3-11,25H,12H2,1-2H3,(H,20,24). The molecule has 2 N–H and O–H groups in total. The van der Waals surface area contributed by atoms with Gasteiger partial charge in [-0.05, 0) is 36.8 Å². The number of carbonyl (C=O) groups excluding carboxylic acids is 1. The molecule has 6 nitrogen and oxygen atoms in total. The van der Waals surface area contributed by atoms with Crippen LogP contribution in [0.1, 0.15) is 22.8 Å². The number of benzene rings is 1. The number of hydrogen-bond acceptors (Lipinski definition) is 3. The summed E-state index contributed by atoms with van der Waals surface area (Å²) in [7, 11) is 1.75. The molecule has 7 heteroatoms. The third-order valence-corrected chi connectivity index (χ3v) is 4.06. The van der Waals surface area contributed by atoms with E-state index in [0.717, 1.165) is 0 Å². The van der Waals surface area contributed by atoms with Gasteiger partial charge in [0, 0.05) is 19.4 Å². The monoisotopic (exact) mass is 342 g/mol. The molecule has 2 aromatic heterocycles. The van der Waals surface area contributed by atoms with Crippen LogP contribution in [0.2, 0.25) is 0 Å². The Hall–Kier alpha value is -2.93. The van der Waals surface area contributed by atoms with Crippen molar-refractivity contribution >= 4 is 5.91 Å². The largest absolute Gasteiger partial charge is 0.384 e. The lowest BCUT2D eigenvalue weighted by molar-refractivity contribution is 0.0526. The average Bonchev–Trinajstić information content (AvgIpc) is 3.22. The van der Waals surface area contributed by atoms with E-state index in [2.05, 4.69) is 10.4 Å². The number of amides is 1. The van der Waals surface area contributed by atoms with Crippen LogP contribution in [0.4, 0.5) is 4.39 Å². The fourth-order valence-corrected chi connectivity index (χ4v) is 2.63. The van der Waals surface area contributed by atoms with Crippen LogP contribution in [0.15, 0.2) is 55.0 Å². The molecule has 1 amide bonds. The molecule has 130 valence electrons. The van der Waals surface area contributed by atoms with E-state index in [1.165, 1.54) is 30.5 Å². The van der Waals surface area contributed by atoms with Crippen LogP contribution in [0, 0.1) is 5.82 Å². The molecule has 0 saturated carbocycles.